The highest BCUT2D eigenvalue weighted by molar-refractivity contribution is 5.13. The second-order valence-electron chi connectivity index (χ2n) is 8.10. The fourth-order valence-corrected chi connectivity index (χ4v) is 3.81. The Bertz CT molecular complexity index is 709. The Morgan fingerprint density at radius 2 is 1.96 bits per heavy atom. The van der Waals surface area contributed by atoms with Crippen LogP contribution in [-0.2, 0) is 13.1 Å². The quantitative estimate of drug-likeness (QED) is 0.746. The van der Waals surface area contributed by atoms with Gasteiger partial charge >= 0.3 is 0 Å². The maximum absolute atomic E-state index is 4.44. The van der Waals surface area contributed by atoms with E-state index in [2.05, 4.69) is 70.1 Å². The van der Waals surface area contributed by atoms with E-state index < -0.39 is 0 Å². The van der Waals surface area contributed by atoms with E-state index in [0.29, 0.717) is 12.0 Å². The van der Waals surface area contributed by atoms with Gasteiger partial charge in [-0.3, -0.25) is 14.8 Å². The summed E-state index contributed by atoms with van der Waals surface area (Å²) >= 11 is 0. The second kappa shape index (κ2) is 8.89. The first-order chi connectivity index (χ1) is 13.0. The van der Waals surface area contributed by atoms with E-state index in [9.17, 15) is 0 Å². The summed E-state index contributed by atoms with van der Waals surface area (Å²) < 4.78 is 1.94. The normalized spacial score (nSPS) is 20.3. The molecule has 2 atom stereocenters. The topological polar surface area (TPSA) is 63.0 Å². The Labute approximate surface area is 162 Å². The number of aryl methyl sites for hydroxylation is 1. The smallest absolute Gasteiger partial charge is 0.165 e. The van der Waals surface area contributed by atoms with E-state index in [-0.39, 0.29) is 6.04 Å². The number of aromatic nitrogens is 5. The SMILES string of the molecule is CC[C@H](C)[C@@H]1CN(Cc2ccc(C)nc2)CCN1Cc1nnnn1C(C)C. The Hall–Kier alpha value is -1.86. The summed E-state index contributed by atoms with van der Waals surface area (Å²) in [5.41, 5.74) is 2.37. The molecule has 27 heavy (non-hydrogen) atoms. The van der Waals surface area contributed by atoms with E-state index in [4.69, 9.17) is 0 Å². The number of rotatable bonds is 7. The van der Waals surface area contributed by atoms with Crippen molar-refractivity contribution < 1.29 is 0 Å². The zero-order valence-corrected chi connectivity index (χ0v) is 17.3. The summed E-state index contributed by atoms with van der Waals surface area (Å²) in [6.07, 6.45) is 3.19. The van der Waals surface area contributed by atoms with Gasteiger partial charge in [0, 0.05) is 44.1 Å². The molecule has 1 saturated heterocycles. The van der Waals surface area contributed by atoms with Crippen molar-refractivity contribution in [3.63, 3.8) is 0 Å². The molecule has 0 radical (unpaired) electrons. The van der Waals surface area contributed by atoms with Crippen LogP contribution in [0.25, 0.3) is 0 Å². The van der Waals surface area contributed by atoms with Crippen molar-refractivity contribution in [1.29, 1.82) is 0 Å². The highest BCUT2D eigenvalue weighted by Crippen LogP contribution is 2.23. The zero-order valence-electron chi connectivity index (χ0n) is 17.3. The van der Waals surface area contributed by atoms with Crippen LogP contribution in [0.2, 0.25) is 0 Å². The molecule has 1 fully saturated rings. The number of hydrogen-bond donors (Lipinski definition) is 0. The lowest BCUT2D eigenvalue weighted by Gasteiger charge is -2.44. The van der Waals surface area contributed by atoms with Crippen LogP contribution in [0.5, 0.6) is 0 Å². The third-order valence-electron chi connectivity index (χ3n) is 5.69. The maximum atomic E-state index is 4.44. The van der Waals surface area contributed by atoms with Crippen molar-refractivity contribution in [1.82, 2.24) is 35.0 Å². The van der Waals surface area contributed by atoms with Gasteiger partial charge in [-0.05, 0) is 48.7 Å². The molecule has 0 spiro atoms. The lowest BCUT2D eigenvalue weighted by molar-refractivity contribution is 0.0325. The Balaban J connectivity index is 1.69. The van der Waals surface area contributed by atoms with Crippen LogP contribution in [0.15, 0.2) is 18.3 Å². The van der Waals surface area contributed by atoms with Crippen molar-refractivity contribution in [3.05, 3.63) is 35.4 Å². The van der Waals surface area contributed by atoms with E-state index in [1.54, 1.807) is 0 Å². The van der Waals surface area contributed by atoms with Gasteiger partial charge < -0.3 is 0 Å². The minimum atomic E-state index is 0.285. The fraction of sp³-hybridized carbons (Fsp3) is 0.700. The molecular weight excluding hydrogens is 338 g/mol. The van der Waals surface area contributed by atoms with Gasteiger partial charge in [0.2, 0.25) is 0 Å². The van der Waals surface area contributed by atoms with Gasteiger partial charge in [0.05, 0.1) is 12.6 Å². The second-order valence-corrected chi connectivity index (χ2v) is 8.10. The monoisotopic (exact) mass is 371 g/mol. The van der Waals surface area contributed by atoms with Crippen LogP contribution in [0.1, 0.15) is 57.2 Å². The number of pyridine rings is 1. The molecule has 2 aromatic rings. The number of hydrogen-bond acceptors (Lipinski definition) is 6. The minimum Gasteiger partial charge on any atom is -0.296 e. The molecule has 1 aliphatic rings. The molecule has 0 aliphatic carbocycles. The standard InChI is InChI=1S/C20H33N7/c1-6-16(4)19-13-25(12-18-8-7-17(5)21-11-18)9-10-26(19)14-20-22-23-24-27(20)15(2)3/h7-8,11,15-16,19H,6,9-10,12-14H2,1-5H3/t16-,19-/m0/s1. The van der Waals surface area contributed by atoms with E-state index in [1.807, 2.05) is 17.8 Å². The van der Waals surface area contributed by atoms with Gasteiger partial charge in [0.25, 0.3) is 0 Å². The molecule has 2 aromatic heterocycles. The summed E-state index contributed by atoms with van der Waals surface area (Å²) in [6.45, 7) is 15.9. The van der Waals surface area contributed by atoms with E-state index >= 15 is 0 Å². The van der Waals surface area contributed by atoms with Crippen LogP contribution >= 0.6 is 0 Å². The van der Waals surface area contributed by atoms with Gasteiger partial charge in [-0.1, -0.05) is 26.3 Å². The lowest BCUT2D eigenvalue weighted by atomic mass is 9.95. The van der Waals surface area contributed by atoms with Gasteiger partial charge in [-0.2, -0.15) is 0 Å². The fourth-order valence-electron chi connectivity index (χ4n) is 3.81. The molecule has 0 unspecified atom stereocenters. The third kappa shape index (κ3) is 4.90. The molecule has 148 valence electrons. The molecule has 3 rings (SSSR count). The average molecular weight is 372 g/mol. The highest BCUT2D eigenvalue weighted by Gasteiger charge is 2.31. The van der Waals surface area contributed by atoms with Gasteiger partial charge in [0.15, 0.2) is 5.82 Å². The third-order valence-corrected chi connectivity index (χ3v) is 5.69. The largest absolute Gasteiger partial charge is 0.296 e. The van der Waals surface area contributed by atoms with Crippen LogP contribution in [0, 0.1) is 12.8 Å². The predicted molar refractivity (Wildman–Crippen MR) is 106 cm³/mol. The Morgan fingerprint density at radius 3 is 2.63 bits per heavy atom. The van der Waals surface area contributed by atoms with E-state index in [1.165, 1.54) is 12.0 Å². The molecule has 0 bridgehead atoms. The zero-order chi connectivity index (χ0) is 19.4. The Kier molecular flexibility index (Phi) is 6.55. The molecule has 7 heteroatoms. The minimum absolute atomic E-state index is 0.285. The van der Waals surface area contributed by atoms with Gasteiger partial charge in [0.1, 0.15) is 0 Å². The summed E-state index contributed by atoms with van der Waals surface area (Å²) in [6, 6.07) is 5.10. The first kappa shape index (κ1) is 19.9. The summed E-state index contributed by atoms with van der Waals surface area (Å²) in [5.74, 6) is 1.60. The molecule has 0 amide bonds. The number of tetrazole rings is 1. The van der Waals surface area contributed by atoms with Crippen LogP contribution in [0.4, 0.5) is 0 Å². The molecular formula is C20H33N7. The van der Waals surface area contributed by atoms with Crippen molar-refractivity contribution >= 4 is 0 Å². The van der Waals surface area contributed by atoms with Gasteiger partial charge in [-0.15, -0.1) is 5.10 Å². The van der Waals surface area contributed by atoms with Crippen LogP contribution in [-0.4, -0.2) is 60.7 Å². The molecule has 0 saturated carbocycles. The summed E-state index contributed by atoms with van der Waals surface area (Å²) in [7, 11) is 0. The van der Waals surface area contributed by atoms with E-state index in [0.717, 1.165) is 44.2 Å². The molecule has 7 nitrogen and oxygen atoms in total. The number of nitrogens with zero attached hydrogens (tertiary/aromatic N) is 7. The van der Waals surface area contributed by atoms with Crippen molar-refractivity contribution in [2.24, 2.45) is 5.92 Å². The van der Waals surface area contributed by atoms with Crippen molar-refractivity contribution in [2.45, 2.75) is 66.2 Å². The van der Waals surface area contributed by atoms with Gasteiger partial charge in [-0.25, -0.2) is 4.68 Å². The summed E-state index contributed by atoms with van der Waals surface area (Å²) in [5, 5.41) is 12.3. The highest BCUT2D eigenvalue weighted by atomic mass is 15.6. The van der Waals surface area contributed by atoms with Crippen LogP contribution in [0.3, 0.4) is 0 Å². The molecule has 0 N–H and O–H groups in total. The van der Waals surface area contributed by atoms with Crippen LogP contribution < -0.4 is 0 Å². The van der Waals surface area contributed by atoms with Crippen molar-refractivity contribution in [3.8, 4) is 0 Å². The molecule has 1 aliphatic heterocycles. The van der Waals surface area contributed by atoms with Crippen molar-refractivity contribution in [2.75, 3.05) is 19.6 Å². The first-order valence-corrected chi connectivity index (χ1v) is 10.1. The summed E-state index contributed by atoms with van der Waals surface area (Å²) in [4.78, 5) is 9.58. The Morgan fingerprint density at radius 1 is 1.15 bits per heavy atom. The first-order valence-electron chi connectivity index (χ1n) is 10.1. The molecule has 3 heterocycles. The lowest BCUT2D eigenvalue weighted by Crippen LogP contribution is -2.54. The maximum Gasteiger partial charge on any atom is 0.165 e. The average Bonchev–Trinajstić information content (AvgIpc) is 3.12. The molecule has 0 aromatic carbocycles. The number of piperazine rings is 1. The predicted octanol–water partition coefficient (Wildman–Crippen LogP) is 2.69.